The molecule has 0 unspecified atom stereocenters. The van der Waals surface area contributed by atoms with Gasteiger partial charge in [0.1, 0.15) is 0 Å². The topological polar surface area (TPSA) is 43.0 Å². The minimum absolute atomic E-state index is 0.481. The molecular formula is C17H25N3. The summed E-state index contributed by atoms with van der Waals surface area (Å²) < 4.78 is 2.45. The van der Waals surface area contributed by atoms with Gasteiger partial charge >= 0.3 is 0 Å². The van der Waals surface area contributed by atoms with E-state index in [1.807, 2.05) is 0 Å². The maximum atomic E-state index is 5.75. The average molecular weight is 271 g/mol. The molecule has 1 aromatic carbocycles. The average Bonchev–Trinajstić information content (AvgIpc) is 2.74. The fourth-order valence-electron chi connectivity index (χ4n) is 3.08. The molecule has 0 amide bonds. The number of benzene rings is 1. The van der Waals surface area contributed by atoms with Gasteiger partial charge in [0, 0.05) is 41.8 Å². The van der Waals surface area contributed by atoms with E-state index in [9.17, 15) is 0 Å². The maximum absolute atomic E-state index is 5.75. The molecule has 0 atom stereocenters. The van der Waals surface area contributed by atoms with Crippen LogP contribution in [0.1, 0.15) is 50.4 Å². The first-order chi connectivity index (χ1) is 9.69. The molecule has 20 heavy (non-hydrogen) atoms. The van der Waals surface area contributed by atoms with Gasteiger partial charge in [-0.2, -0.15) is 0 Å². The molecule has 1 aromatic heterocycles. The molecule has 0 saturated heterocycles. The summed E-state index contributed by atoms with van der Waals surface area (Å²) in [4.78, 5) is 0. The molecule has 2 aromatic rings. The highest BCUT2D eigenvalue weighted by molar-refractivity contribution is 5.82. The lowest BCUT2D eigenvalue weighted by atomic mass is 9.93. The van der Waals surface area contributed by atoms with Gasteiger partial charge in [0.2, 0.25) is 0 Å². The van der Waals surface area contributed by atoms with Crippen molar-refractivity contribution in [2.75, 3.05) is 0 Å². The zero-order valence-electron chi connectivity index (χ0n) is 12.5. The Hall–Kier alpha value is -1.32. The van der Waals surface area contributed by atoms with E-state index in [2.05, 4.69) is 48.0 Å². The lowest BCUT2D eigenvalue weighted by Gasteiger charge is -2.27. The fourth-order valence-corrected chi connectivity index (χ4v) is 3.08. The van der Waals surface area contributed by atoms with Crippen LogP contribution in [0.15, 0.2) is 24.3 Å². The normalized spacial score (nSPS) is 16.0. The molecule has 108 valence electrons. The smallest absolute Gasteiger partial charge is 0.0485 e. The molecule has 1 heterocycles. The minimum Gasteiger partial charge on any atom is -0.341 e. The number of hydrogen-bond acceptors (Lipinski definition) is 2. The molecule has 3 rings (SSSR count). The Morgan fingerprint density at radius 3 is 2.70 bits per heavy atom. The van der Waals surface area contributed by atoms with Gasteiger partial charge in [-0.15, -0.1) is 0 Å². The first-order valence-corrected chi connectivity index (χ1v) is 7.75. The molecule has 0 bridgehead atoms. The first-order valence-electron chi connectivity index (χ1n) is 7.75. The zero-order valence-corrected chi connectivity index (χ0v) is 12.5. The Morgan fingerprint density at radius 2 is 2.10 bits per heavy atom. The molecule has 3 N–H and O–H groups in total. The van der Waals surface area contributed by atoms with Crippen LogP contribution in [0.3, 0.4) is 0 Å². The van der Waals surface area contributed by atoms with Crippen LogP contribution in [0.2, 0.25) is 0 Å². The highest BCUT2D eigenvalue weighted by Gasteiger charge is 2.18. The molecule has 3 nitrogen and oxygen atoms in total. The van der Waals surface area contributed by atoms with Crippen molar-refractivity contribution in [2.24, 2.45) is 5.73 Å². The summed E-state index contributed by atoms with van der Waals surface area (Å²) in [6.07, 6.45) is 4.04. The van der Waals surface area contributed by atoms with Gasteiger partial charge in [0.15, 0.2) is 0 Å². The van der Waals surface area contributed by atoms with Gasteiger partial charge in [-0.25, -0.2) is 0 Å². The van der Waals surface area contributed by atoms with Crippen molar-refractivity contribution in [2.45, 2.75) is 58.3 Å². The Labute approximate surface area is 121 Å². The van der Waals surface area contributed by atoms with Crippen molar-refractivity contribution in [3.63, 3.8) is 0 Å². The monoisotopic (exact) mass is 271 g/mol. The first kappa shape index (κ1) is 13.7. The number of aromatic nitrogens is 1. The van der Waals surface area contributed by atoms with Crippen LogP contribution in [0, 0.1) is 0 Å². The molecule has 0 spiro atoms. The van der Waals surface area contributed by atoms with Crippen molar-refractivity contribution in [1.29, 1.82) is 0 Å². The lowest BCUT2D eigenvalue weighted by molar-refractivity contribution is 0.334. The van der Waals surface area contributed by atoms with Gasteiger partial charge in [0.05, 0.1) is 0 Å². The second-order valence-corrected chi connectivity index (χ2v) is 6.21. The standard InChI is InChI=1S/C17H25N3/c1-12(2)20-16(11-19-15-4-3-5-15)9-14-8-13(10-18)6-7-17(14)20/h6-9,12,15,19H,3-5,10-11,18H2,1-2H3. The minimum atomic E-state index is 0.481. The van der Waals surface area contributed by atoms with Crippen LogP contribution in [-0.4, -0.2) is 10.6 Å². The highest BCUT2D eigenvalue weighted by Crippen LogP contribution is 2.26. The maximum Gasteiger partial charge on any atom is 0.0485 e. The molecule has 1 aliphatic rings. The number of rotatable bonds is 5. The molecule has 1 aliphatic carbocycles. The van der Waals surface area contributed by atoms with Gasteiger partial charge in [-0.3, -0.25) is 0 Å². The Bertz CT molecular complexity index is 594. The van der Waals surface area contributed by atoms with Crippen molar-refractivity contribution in [3.8, 4) is 0 Å². The van der Waals surface area contributed by atoms with Crippen LogP contribution < -0.4 is 11.1 Å². The summed E-state index contributed by atoms with van der Waals surface area (Å²) in [7, 11) is 0. The van der Waals surface area contributed by atoms with Crippen LogP contribution in [-0.2, 0) is 13.1 Å². The fraction of sp³-hybridized carbons (Fsp3) is 0.529. The van der Waals surface area contributed by atoms with Crippen LogP contribution >= 0.6 is 0 Å². The largest absolute Gasteiger partial charge is 0.341 e. The molecule has 0 radical (unpaired) electrons. The van der Waals surface area contributed by atoms with Crippen molar-refractivity contribution >= 4 is 10.9 Å². The Kier molecular flexibility index (Phi) is 3.81. The predicted molar refractivity (Wildman–Crippen MR) is 84.7 cm³/mol. The van der Waals surface area contributed by atoms with E-state index in [-0.39, 0.29) is 0 Å². The molecule has 1 saturated carbocycles. The van der Waals surface area contributed by atoms with Crippen molar-refractivity contribution in [1.82, 2.24) is 9.88 Å². The second-order valence-electron chi connectivity index (χ2n) is 6.21. The van der Waals surface area contributed by atoms with Crippen LogP contribution in [0.4, 0.5) is 0 Å². The lowest BCUT2D eigenvalue weighted by Crippen LogP contribution is -2.35. The van der Waals surface area contributed by atoms with E-state index in [0.717, 1.165) is 12.6 Å². The third kappa shape index (κ3) is 2.48. The number of nitrogens with zero attached hydrogens (tertiary/aromatic N) is 1. The summed E-state index contributed by atoms with van der Waals surface area (Å²) >= 11 is 0. The van der Waals surface area contributed by atoms with Crippen molar-refractivity contribution < 1.29 is 0 Å². The molecular weight excluding hydrogens is 246 g/mol. The third-order valence-corrected chi connectivity index (χ3v) is 4.41. The number of nitrogens with one attached hydrogen (secondary N) is 1. The Balaban J connectivity index is 1.93. The third-order valence-electron chi connectivity index (χ3n) is 4.41. The number of fused-ring (bicyclic) bond motifs is 1. The van der Waals surface area contributed by atoms with Crippen molar-refractivity contribution in [3.05, 3.63) is 35.5 Å². The summed E-state index contributed by atoms with van der Waals surface area (Å²) in [5.74, 6) is 0. The van der Waals surface area contributed by atoms with Crippen LogP contribution in [0.5, 0.6) is 0 Å². The summed E-state index contributed by atoms with van der Waals surface area (Å²) in [6.45, 7) is 6.08. The SMILES string of the molecule is CC(C)n1c(CNC2CCC2)cc2cc(CN)ccc21. The van der Waals surface area contributed by atoms with E-state index in [4.69, 9.17) is 5.73 Å². The summed E-state index contributed by atoms with van der Waals surface area (Å²) in [5, 5.41) is 4.99. The number of nitrogens with two attached hydrogens (primary N) is 1. The van der Waals surface area contributed by atoms with Gasteiger partial charge in [0.25, 0.3) is 0 Å². The van der Waals surface area contributed by atoms with E-state index < -0.39 is 0 Å². The van der Waals surface area contributed by atoms with Gasteiger partial charge in [-0.1, -0.05) is 12.5 Å². The highest BCUT2D eigenvalue weighted by atomic mass is 15.0. The summed E-state index contributed by atoms with van der Waals surface area (Å²) in [6, 6.07) is 10.1. The molecule has 3 heteroatoms. The Morgan fingerprint density at radius 1 is 1.30 bits per heavy atom. The van der Waals surface area contributed by atoms with E-state index in [0.29, 0.717) is 12.6 Å². The van der Waals surface area contributed by atoms with Crippen LogP contribution in [0.25, 0.3) is 10.9 Å². The summed E-state index contributed by atoms with van der Waals surface area (Å²) in [5.41, 5.74) is 9.66. The molecule has 0 aliphatic heterocycles. The van der Waals surface area contributed by atoms with E-state index in [1.54, 1.807) is 0 Å². The van der Waals surface area contributed by atoms with Gasteiger partial charge in [-0.05, 0) is 50.5 Å². The zero-order chi connectivity index (χ0) is 14.1. The second kappa shape index (κ2) is 5.58. The van der Waals surface area contributed by atoms with E-state index >= 15 is 0 Å². The van der Waals surface area contributed by atoms with Gasteiger partial charge < -0.3 is 15.6 Å². The molecule has 1 fully saturated rings. The predicted octanol–water partition coefficient (Wildman–Crippen LogP) is 3.32. The van der Waals surface area contributed by atoms with E-state index in [1.165, 1.54) is 41.4 Å². The number of hydrogen-bond donors (Lipinski definition) is 2. The quantitative estimate of drug-likeness (QED) is 0.876.